The third-order valence-electron chi connectivity index (χ3n) is 3.08. The lowest BCUT2D eigenvalue weighted by Gasteiger charge is -2.21. The fourth-order valence-electron chi connectivity index (χ4n) is 1.78. The predicted molar refractivity (Wildman–Crippen MR) is 89.8 cm³/mol. The Bertz CT molecular complexity index is 623. The third-order valence-corrected chi connectivity index (χ3v) is 4.51. The van der Waals surface area contributed by atoms with Gasteiger partial charge in [-0.15, -0.1) is 0 Å². The van der Waals surface area contributed by atoms with Crippen LogP contribution in [0, 0.1) is 10.5 Å². The summed E-state index contributed by atoms with van der Waals surface area (Å²) in [5, 5.41) is 4.02. The molecule has 0 amide bonds. The van der Waals surface area contributed by atoms with Crippen molar-refractivity contribution in [2.24, 2.45) is 5.73 Å². The second-order valence-corrected chi connectivity index (χ2v) is 6.72. The van der Waals surface area contributed by atoms with Crippen LogP contribution in [-0.4, -0.2) is 22.9 Å². The molecular formula is C15H20IN3O2. The van der Waals surface area contributed by atoms with Gasteiger partial charge in [-0.25, -0.2) is 0 Å². The van der Waals surface area contributed by atoms with Gasteiger partial charge in [-0.1, -0.05) is 17.3 Å². The van der Waals surface area contributed by atoms with Gasteiger partial charge in [0.2, 0.25) is 0 Å². The molecule has 0 spiro atoms. The summed E-state index contributed by atoms with van der Waals surface area (Å²) in [5.74, 6) is 0.940. The number of rotatable bonds is 5. The molecule has 0 saturated carbocycles. The molecule has 5 nitrogen and oxygen atoms in total. The van der Waals surface area contributed by atoms with Gasteiger partial charge in [-0.2, -0.15) is 4.98 Å². The summed E-state index contributed by atoms with van der Waals surface area (Å²) < 4.78 is 12.0. The van der Waals surface area contributed by atoms with Gasteiger partial charge < -0.3 is 15.0 Å². The lowest BCUT2D eigenvalue weighted by atomic mass is 10.1. The number of nitrogens with zero attached hydrogens (tertiary/aromatic N) is 2. The van der Waals surface area contributed by atoms with E-state index in [1.807, 2.05) is 45.9 Å². The minimum atomic E-state index is -0.777. The summed E-state index contributed by atoms with van der Waals surface area (Å²) in [6.07, 6.45) is 0.108. The minimum Gasteiger partial charge on any atom is -0.376 e. The Morgan fingerprint density at radius 3 is 2.81 bits per heavy atom. The highest BCUT2D eigenvalue weighted by Crippen LogP contribution is 2.27. The van der Waals surface area contributed by atoms with Crippen LogP contribution in [0.25, 0.3) is 11.5 Å². The highest BCUT2D eigenvalue weighted by atomic mass is 127. The smallest absolute Gasteiger partial charge is 0.259 e. The molecule has 1 aromatic carbocycles. The van der Waals surface area contributed by atoms with Gasteiger partial charge in [0.1, 0.15) is 5.54 Å². The predicted octanol–water partition coefficient (Wildman–Crippen LogP) is 3.25. The van der Waals surface area contributed by atoms with E-state index in [4.69, 9.17) is 15.0 Å². The Hall–Kier alpha value is -0.990. The van der Waals surface area contributed by atoms with E-state index in [9.17, 15) is 0 Å². The molecule has 1 unspecified atom stereocenters. The van der Waals surface area contributed by atoms with Gasteiger partial charge in [-0.05, 0) is 61.9 Å². The Balaban J connectivity index is 2.27. The van der Waals surface area contributed by atoms with Crippen LogP contribution in [0.15, 0.2) is 22.7 Å². The van der Waals surface area contributed by atoms with Crippen molar-refractivity contribution < 1.29 is 9.26 Å². The largest absolute Gasteiger partial charge is 0.376 e. The monoisotopic (exact) mass is 401 g/mol. The second kappa shape index (κ2) is 6.41. The third kappa shape index (κ3) is 3.81. The molecule has 114 valence electrons. The van der Waals surface area contributed by atoms with Crippen molar-refractivity contribution in [3.8, 4) is 11.5 Å². The molecule has 6 heteroatoms. The maximum atomic E-state index is 6.23. The standard InChI is InChI=1S/C15H20IN3O2/c1-9(2)20-8-15(4,17)14-18-13(21-19-14)11-7-5-6-10(3)12(11)16/h5-7,9H,8,17H2,1-4H3. The Morgan fingerprint density at radius 1 is 1.43 bits per heavy atom. The molecular weight excluding hydrogens is 381 g/mol. The summed E-state index contributed by atoms with van der Waals surface area (Å²) in [4.78, 5) is 4.44. The molecule has 0 saturated heterocycles. The van der Waals surface area contributed by atoms with Crippen LogP contribution >= 0.6 is 22.6 Å². The van der Waals surface area contributed by atoms with E-state index in [1.54, 1.807) is 0 Å². The van der Waals surface area contributed by atoms with Gasteiger partial charge in [0.25, 0.3) is 5.89 Å². The van der Waals surface area contributed by atoms with E-state index in [1.165, 1.54) is 5.56 Å². The van der Waals surface area contributed by atoms with Gasteiger partial charge in [-0.3, -0.25) is 0 Å². The maximum Gasteiger partial charge on any atom is 0.259 e. The molecule has 0 aliphatic heterocycles. The average molecular weight is 401 g/mol. The van der Waals surface area contributed by atoms with E-state index in [2.05, 4.69) is 32.7 Å². The van der Waals surface area contributed by atoms with E-state index in [0.717, 1.165) is 9.13 Å². The van der Waals surface area contributed by atoms with Crippen molar-refractivity contribution in [1.82, 2.24) is 10.1 Å². The number of aromatic nitrogens is 2. The molecule has 21 heavy (non-hydrogen) atoms. The van der Waals surface area contributed by atoms with E-state index < -0.39 is 5.54 Å². The molecule has 2 aromatic rings. The van der Waals surface area contributed by atoms with Gasteiger partial charge in [0.05, 0.1) is 18.3 Å². The fraction of sp³-hybridized carbons (Fsp3) is 0.467. The van der Waals surface area contributed by atoms with Crippen LogP contribution in [0.3, 0.4) is 0 Å². The molecule has 0 aliphatic carbocycles. The van der Waals surface area contributed by atoms with Gasteiger partial charge in [0.15, 0.2) is 5.82 Å². The first-order valence-electron chi connectivity index (χ1n) is 6.81. The van der Waals surface area contributed by atoms with Crippen molar-refractivity contribution in [2.75, 3.05) is 6.61 Å². The van der Waals surface area contributed by atoms with Crippen molar-refractivity contribution in [3.05, 3.63) is 33.2 Å². The van der Waals surface area contributed by atoms with Crippen molar-refractivity contribution >= 4 is 22.6 Å². The number of aryl methyl sites for hydroxylation is 1. The number of hydrogen-bond acceptors (Lipinski definition) is 5. The highest BCUT2D eigenvalue weighted by Gasteiger charge is 2.29. The summed E-state index contributed by atoms with van der Waals surface area (Å²) in [6, 6.07) is 5.98. The summed E-state index contributed by atoms with van der Waals surface area (Å²) >= 11 is 2.28. The number of hydrogen-bond donors (Lipinski definition) is 1. The van der Waals surface area contributed by atoms with Crippen LogP contribution < -0.4 is 5.73 Å². The molecule has 0 fully saturated rings. The molecule has 1 heterocycles. The lowest BCUT2D eigenvalue weighted by Crippen LogP contribution is -2.40. The van der Waals surface area contributed by atoms with Crippen LogP contribution in [0.4, 0.5) is 0 Å². The van der Waals surface area contributed by atoms with E-state index in [-0.39, 0.29) is 6.10 Å². The lowest BCUT2D eigenvalue weighted by molar-refractivity contribution is 0.0410. The van der Waals surface area contributed by atoms with E-state index >= 15 is 0 Å². The van der Waals surface area contributed by atoms with Crippen LogP contribution in [0.2, 0.25) is 0 Å². The summed E-state index contributed by atoms with van der Waals surface area (Å²) in [7, 11) is 0. The molecule has 0 bridgehead atoms. The van der Waals surface area contributed by atoms with Crippen LogP contribution in [0.5, 0.6) is 0 Å². The first-order chi connectivity index (χ1) is 9.81. The van der Waals surface area contributed by atoms with Crippen molar-refractivity contribution in [1.29, 1.82) is 0 Å². The SMILES string of the molecule is Cc1cccc(-c2nc(C(C)(N)COC(C)C)no2)c1I. The number of ether oxygens (including phenoxy) is 1. The summed E-state index contributed by atoms with van der Waals surface area (Å²) in [6.45, 7) is 8.16. The first kappa shape index (κ1) is 16.4. The zero-order valence-electron chi connectivity index (χ0n) is 12.7. The molecule has 0 aliphatic rings. The molecule has 0 radical (unpaired) electrons. The molecule has 2 N–H and O–H groups in total. The number of benzene rings is 1. The number of halogens is 1. The fourth-order valence-corrected chi connectivity index (χ4v) is 2.37. The van der Waals surface area contributed by atoms with Gasteiger partial charge >= 0.3 is 0 Å². The number of nitrogens with two attached hydrogens (primary N) is 1. The Kier molecular flexibility index (Phi) is 5.00. The normalized spacial score (nSPS) is 14.4. The zero-order chi connectivity index (χ0) is 15.6. The summed E-state index contributed by atoms with van der Waals surface area (Å²) in [5.41, 5.74) is 7.56. The Labute approximate surface area is 138 Å². The average Bonchev–Trinajstić information content (AvgIpc) is 2.90. The Morgan fingerprint density at radius 2 is 2.14 bits per heavy atom. The molecule has 1 aromatic heterocycles. The highest BCUT2D eigenvalue weighted by molar-refractivity contribution is 14.1. The van der Waals surface area contributed by atoms with Crippen molar-refractivity contribution in [2.45, 2.75) is 39.3 Å². The van der Waals surface area contributed by atoms with Crippen LogP contribution in [-0.2, 0) is 10.3 Å². The van der Waals surface area contributed by atoms with Gasteiger partial charge in [0, 0.05) is 3.57 Å². The first-order valence-corrected chi connectivity index (χ1v) is 7.89. The van der Waals surface area contributed by atoms with Crippen molar-refractivity contribution in [3.63, 3.8) is 0 Å². The molecule has 2 rings (SSSR count). The second-order valence-electron chi connectivity index (χ2n) is 5.64. The van der Waals surface area contributed by atoms with Crippen LogP contribution in [0.1, 0.15) is 32.2 Å². The molecule has 1 atom stereocenters. The topological polar surface area (TPSA) is 74.2 Å². The minimum absolute atomic E-state index is 0.108. The maximum absolute atomic E-state index is 6.23. The zero-order valence-corrected chi connectivity index (χ0v) is 14.8. The van der Waals surface area contributed by atoms with E-state index in [0.29, 0.717) is 18.3 Å². The quantitative estimate of drug-likeness (QED) is 0.779.